The van der Waals surface area contributed by atoms with Crippen LogP contribution >= 0.6 is 0 Å². The number of fused-ring (bicyclic) bond motifs is 3. The Hall–Kier alpha value is -4.67. The third-order valence-corrected chi connectivity index (χ3v) is 6.44. The Balaban J connectivity index is 1.66. The molecule has 3 aromatic heterocycles. The molecule has 10 nitrogen and oxygen atoms in total. The second-order valence-corrected chi connectivity index (χ2v) is 8.57. The molecule has 2 aliphatic rings. The monoisotopic (exact) mass is 487 g/mol. The van der Waals surface area contributed by atoms with E-state index in [0.29, 0.717) is 58.9 Å². The molecule has 4 aromatic rings. The number of halogens is 1. The van der Waals surface area contributed by atoms with E-state index in [1.807, 2.05) is 12.2 Å². The second-order valence-electron chi connectivity index (χ2n) is 8.57. The van der Waals surface area contributed by atoms with Gasteiger partial charge in [0.2, 0.25) is 0 Å². The molecule has 4 bridgehead atoms. The molecule has 0 unspecified atom stereocenters. The number of aromatic nitrogens is 4. The summed E-state index contributed by atoms with van der Waals surface area (Å²) in [7, 11) is 1.38. The lowest BCUT2D eigenvalue weighted by molar-refractivity contribution is 0.0941. The third-order valence-electron chi connectivity index (χ3n) is 6.44. The van der Waals surface area contributed by atoms with Crippen LogP contribution in [0.15, 0.2) is 47.4 Å². The molecule has 2 aliphatic heterocycles. The van der Waals surface area contributed by atoms with Gasteiger partial charge in [-0.3, -0.25) is 9.59 Å². The van der Waals surface area contributed by atoms with Crippen LogP contribution in [-0.4, -0.2) is 46.0 Å². The zero-order valence-corrected chi connectivity index (χ0v) is 19.2. The molecule has 5 N–H and O–H groups in total. The number of hydrogen-bond acceptors (Lipinski definition) is 7. The average molecular weight is 487 g/mol. The van der Waals surface area contributed by atoms with Crippen molar-refractivity contribution in [2.45, 2.75) is 12.3 Å². The lowest BCUT2D eigenvalue weighted by Gasteiger charge is -2.23. The fraction of sp³-hybridized carbons (Fsp3) is 0.200. The van der Waals surface area contributed by atoms with Gasteiger partial charge >= 0.3 is 0 Å². The summed E-state index contributed by atoms with van der Waals surface area (Å²) in [5.74, 6) is -0.618. The topological polar surface area (TPSA) is 137 Å². The van der Waals surface area contributed by atoms with Gasteiger partial charge in [-0.25, -0.2) is 14.4 Å². The number of hydrogen-bond donors (Lipinski definition) is 5. The van der Waals surface area contributed by atoms with E-state index in [1.165, 1.54) is 13.2 Å². The van der Waals surface area contributed by atoms with Gasteiger partial charge < -0.3 is 30.7 Å². The lowest BCUT2D eigenvalue weighted by atomic mass is 9.93. The van der Waals surface area contributed by atoms with Crippen molar-refractivity contribution in [2.24, 2.45) is 0 Å². The first-order valence-corrected chi connectivity index (χ1v) is 11.5. The van der Waals surface area contributed by atoms with Gasteiger partial charge in [-0.2, -0.15) is 0 Å². The molecule has 0 spiro atoms. The first-order chi connectivity index (χ1) is 17.5. The minimum Gasteiger partial charge on any atom is -0.492 e. The fourth-order valence-electron chi connectivity index (χ4n) is 4.75. The molecule has 0 saturated heterocycles. The molecular weight excluding hydrogens is 465 g/mol. The number of carbonyl (C=O) groups is 1. The van der Waals surface area contributed by atoms with Gasteiger partial charge in [0.1, 0.15) is 5.52 Å². The molecule has 36 heavy (non-hydrogen) atoms. The van der Waals surface area contributed by atoms with E-state index in [9.17, 15) is 14.0 Å². The third kappa shape index (κ3) is 3.47. The van der Waals surface area contributed by atoms with Crippen LogP contribution < -0.4 is 26.2 Å². The number of rotatable bonds is 3. The molecule has 182 valence electrons. The smallest absolute Gasteiger partial charge is 0.292 e. The number of ether oxygens (including phenoxy) is 1. The molecule has 0 saturated carbocycles. The number of nitrogens with one attached hydrogen (secondary N) is 5. The molecule has 0 radical (unpaired) electrons. The number of benzene rings is 1. The maximum absolute atomic E-state index is 14.5. The van der Waals surface area contributed by atoms with Crippen molar-refractivity contribution in [3.8, 4) is 17.0 Å². The quantitative estimate of drug-likeness (QED) is 0.279. The van der Waals surface area contributed by atoms with Crippen molar-refractivity contribution < 1.29 is 13.9 Å². The maximum Gasteiger partial charge on any atom is 0.292 e. The lowest BCUT2D eigenvalue weighted by Crippen LogP contribution is -2.34. The van der Waals surface area contributed by atoms with Crippen molar-refractivity contribution in [3.05, 3.63) is 70.0 Å². The number of pyridine rings is 1. The predicted octanol–water partition coefficient (Wildman–Crippen LogP) is 3.40. The maximum atomic E-state index is 14.5. The first kappa shape index (κ1) is 21.8. The van der Waals surface area contributed by atoms with E-state index in [1.54, 1.807) is 24.4 Å². The summed E-state index contributed by atoms with van der Waals surface area (Å²) in [4.78, 5) is 40.8. The molecule has 0 fully saturated rings. The van der Waals surface area contributed by atoms with E-state index in [0.717, 1.165) is 5.69 Å². The number of amides is 1. The van der Waals surface area contributed by atoms with E-state index in [4.69, 9.17) is 4.74 Å². The normalized spacial score (nSPS) is 17.4. The van der Waals surface area contributed by atoms with Crippen molar-refractivity contribution in [3.63, 3.8) is 0 Å². The summed E-state index contributed by atoms with van der Waals surface area (Å²) < 4.78 is 19.8. The standard InChI is InChI=1S/C25H22FN7O3/c1-36-21-14(26)6-4-7-15(21)30-20-16-17-12(11-29-24(16)34)5-2-3-9-27-23-25(35)33-22-19(32-23)13(8-10-28-22)18(20)31-17/h2-4,6-8,10,12,30-31H,5,9,11H2,1H3,(H,27,32)(H,29,34)(H,28,33,35)/b3-2-/t12-/m1/s1. The molecule has 6 rings (SSSR count). The molecule has 1 aromatic carbocycles. The molecule has 11 heteroatoms. The highest BCUT2D eigenvalue weighted by atomic mass is 19.1. The van der Waals surface area contributed by atoms with Gasteiger partial charge in [-0.05, 0) is 24.6 Å². The molecular formula is C25H22FN7O3. The van der Waals surface area contributed by atoms with E-state index in [2.05, 4.69) is 35.9 Å². The SMILES string of the molecule is COc1c(F)cccc1Nc1c2[nH]c3c1C(=O)NC[C@H]3C/C=C\CNc1nc3c-2ccnc3[nH]c1=O. The molecule has 0 aliphatic carbocycles. The second kappa shape index (κ2) is 8.52. The molecule has 1 amide bonds. The number of aromatic amines is 2. The van der Waals surface area contributed by atoms with E-state index in [-0.39, 0.29) is 29.0 Å². The van der Waals surface area contributed by atoms with Gasteiger partial charge in [0.25, 0.3) is 11.5 Å². The Bertz CT molecular complexity index is 1610. The van der Waals surface area contributed by atoms with Crippen LogP contribution in [0.1, 0.15) is 28.4 Å². The van der Waals surface area contributed by atoms with Crippen molar-refractivity contribution >= 4 is 34.3 Å². The van der Waals surface area contributed by atoms with Gasteiger partial charge in [0.15, 0.2) is 23.0 Å². The zero-order chi connectivity index (χ0) is 24.8. The predicted molar refractivity (Wildman–Crippen MR) is 134 cm³/mol. The Morgan fingerprint density at radius 1 is 1.14 bits per heavy atom. The average Bonchev–Trinajstić information content (AvgIpc) is 3.25. The molecule has 1 atom stereocenters. The summed E-state index contributed by atoms with van der Waals surface area (Å²) in [5, 5.41) is 9.27. The highest BCUT2D eigenvalue weighted by molar-refractivity contribution is 6.08. The first-order valence-electron chi connectivity index (χ1n) is 11.5. The Morgan fingerprint density at radius 3 is 2.89 bits per heavy atom. The zero-order valence-electron chi connectivity index (χ0n) is 19.2. The van der Waals surface area contributed by atoms with E-state index >= 15 is 0 Å². The van der Waals surface area contributed by atoms with Crippen molar-refractivity contribution in [2.75, 3.05) is 30.8 Å². The van der Waals surface area contributed by atoms with Crippen LogP contribution in [0.5, 0.6) is 5.75 Å². The molecule has 5 heterocycles. The number of para-hydroxylation sites is 1. The number of anilines is 3. The summed E-state index contributed by atoms with van der Waals surface area (Å²) in [6, 6.07) is 6.29. The summed E-state index contributed by atoms with van der Waals surface area (Å²) in [6.07, 6.45) is 6.14. The minimum atomic E-state index is -0.535. The minimum absolute atomic E-state index is 0.0200. The van der Waals surface area contributed by atoms with Gasteiger partial charge in [0, 0.05) is 36.5 Å². The van der Waals surface area contributed by atoms with Crippen LogP contribution in [-0.2, 0) is 0 Å². The van der Waals surface area contributed by atoms with Crippen molar-refractivity contribution in [1.82, 2.24) is 25.3 Å². The highest BCUT2D eigenvalue weighted by Crippen LogP contribution is 2.43. The van der Waals surface area contributed by atoms with Crippen LogP contribution in [0.3, 0.4) is 0 Å². The summed E-state index contributed by atoms with van der Waals surface area (Å²) in [6.45, 7) is 0.882. The summed E-state index contributed by atoms with van der Waals surface area (Å²) in [5.41, 5.74) is 3.54. The summed E-state index contributed by atoms with van der Waals surface area (Å²) >= 11 is 0. The number of methoxy groups -OCH3 is 1. The van der Waals surface area contributed by atoms with Gasteiger partial charge in [-0.15, -0.1) is 0 Å². The number of allylic oxidation sites excluding steroid dienone is 1. The Labute approximate surface area is 204 Å². The van der Waals surface area contributed by atoms with Crippen molar-refractivity contribution in [1.29, 1.82) is 0 Å². The fourth-order valence-corrected chi connectivity index (χ4v) is 4.75. The van der Waals surface area contributed by atoms with Crippen LogP contribution in [0, 0.1) is 5.82 Å². The highest BCUT2D eigenvalue weighted by Gasteiger charge is 2.33. The van der Waals surface area contributed by atoms with Crippen LogP contribution in [0.25, 0.3) is 22.4 Å². The van der Waals surface area contributed by atoms with Gasteiger partial charge in [0.05, 0.1) is 29.7 Å². The number of nitrogens with zero attached hydrogens (tertiary/aromatic N) is 2. The Kier molecular flexibility index (Phi) is 5.17. The number of H-pyrrole nitrogens is 2. The van der Waals surface area contributed by atoms with Crippen LogP contribution in [0.4, 0.5) is 21.6 Å². The largest absolute Gasteiger partial charge is 0.492 e. The Morgan fingerprint density at radius 2 is 2.03 bits per heavy atom. The van der Waals surface area contributed by atoms with Gasteiger partial charge in [-0.1, -0.05) is 18.2 Å². The van der Waals surface area contributed by atoms with E-state index < -0.39 is 5.82 Å². The number of carbonyl (C=O) groups excluding carboxylic acids is 1. The van der Waals surface area contributed by atoms with Crippen LogP contribution in [0.2, 0.25) is 0 Å².